The van der Waals surface area contributed by atoms with E-state index in [-0.39, 0.29) is 0 Å². The average Bonchev–Trinajstić information content (AvgIpc) is 2.00. The van der Waals surface area contributed by atoms with E-state index < -0.39 is 0 Å². The zero-order chi connectivity index (χ0) is 6.36. The molecule has 0 N–H and O–H groups in total. The second-order valence-corrected chi connectivity index (χ2v) is 2.29. The predicted molar refractivity (Wildman–Crippen MR) is 41.0 cm³/mol. The Hall–Kier alpha value is -0.520. The molecule has 0 aliphatic heterocycles. The van der Waals surface area contributed by atoms with Crippen LogP contribution < -0.4 is 0 Å². The lowest BCUT2D eigenvalue weighted by molar-refractivity contribution is 0.998. The summed E-state index contributed by atoms with van der Waals surface area (Å²) in [6.07, 6.45) is 16.0. The van der Waals surface area contributed by atoms with Crippen molar-refractivity contribution in [3.63, 3.8) is 0 Å². The maximum absolute atomic E-state index is 2.27. The third-order valence-electron chi connectivity index (χ3n) is 1.44. The minimum Gasteiger partial charge on any atom is -0.0885 e. The van der Waals surface area contributed by atoms with Gasteiger partial charge in [0.15, 0.2) is 0 Å². The molecule has 0 unspecified atom stereocenters. The topological polar surface area (TPSA) is 0 Å². The molecule has 0 saturated heterocycles. The molecule has 0 heteroatoms. The summed E-state index contributed by atoms with van der Waals surface area (Å²) >= 11 is 0. The molecule has 0 spiro atoms. The lowest BCUT2D eigenvalue weighted by Gasteiger charge is -1.85. The molecule has 1 aliphatic carbocycles. The lowest BCUT2D eigenvalue weighted by Crippen LogP contribution is -1.67. The van der Waals surface area contributed by atoms with Crippen molar-refractivity contribution >= 4 is 0 Å². The first-order valence-electron chi connectivity index (χ1n) is 3.63. The summed E-state index contributed by atoms with van der Waals surface area (Å²) in [6.45, 7) is 0. The molecular formula is C9H13. The van der Waals surface area contributed by atoms with Crippen molar-refractivity contribution in [3.05, 3.63) is 30.7 Å². The van der Waals surface area contributed by atoms with Crippen molar-refractivity contribution in [2.75, 3.05) is 0 Å². The van der Waals surface area contributed by atoms with Crippen LogP contribution in [-0.4, -0.2) is 0 Å². The fraction of sp³-hybridized carbons (Fsp3) is 0.444. The van der Waals surface area contributed by atoms with E-state index in [0.29, 0.717) is 0 Å². The molecule has 0 amide bonds. The third kappa shape index (κ3) is 3.12. The minimum absolute atomic E-state index is 1.20. The van der Waals surface area contributed by atoms with Gasteiger partial charge < -0.3 is 0 Å². The average molecular weight is 121 g/mol. The Labute approximate surface area is 57.3 Å². The Kier molecular flexibility index (Phi) is 3.20. The summed E-state index contributed by atoms with van der Waals surface area (Å²) < 4.78 is 0. The highest BCUT2D eigenvalue weighted by Crippen LogP contribution is 2.03. The Morgan fingerprint density at radius 1 is 0.667 bits per heavy atom. The van der Waals surface area contributed by atoms with E-state index in [9.17, 15) is 0 Å². The zero-order valence-electron chi connectivity index (χ0n) is 5.72. The van der Waals surface area contributed by atoms with Gasteiger partial charge in [-0.25, -0.2) is 0 Å². The van der Waals surface area contributed by atoms with Crippen molar-refractivity contribution in [1.82, 2.24) is 0 Å². The Morgan fingerprint density at radius 3 is 2.22 bits per heavy atom. The minimum atomic E-state index is 1.20. The van der Waals surface area contributed by atoms with E-state index in [0.717, 1.165) is 0 Å². The fourth-order valence-corrected chi connectivity index (χ4v) is 0.909. The van der Waals surface area contributed by atoms with Gasteiger partial charge in [-0.2, -0.15) is 0 Å². The first-order valence-corrected chi connectivity index (χ1v) is 3.63. The molecule has 1 aliphatic rings. The van der Waals surface area contributed by atoms with Gasteiger partial charge in [-0.15, -0.1) is 0 Å². The first-order chi connectivity index (χ1) is 4.50. The van der Waals surface area contributed by atoms with E-state index in [2.05, 4.69) is 30.7 Å². The van der Waals surface area contributed by atoms with Crippen LogP contribution in [0.25, 0.3) is 0 Å². The normalized spacial score (nSPS) is 27.6. The summed E-state index contributed by atoms with van der Waals surface area (Å²) in [6, 6.07) is 0. The Morgan fingerprint density at radius 2 is 1.33 bits per heavy atom. The number of rotatable bonds is 0. The van der Waals surface area contributed by atoms with Gasteiger partial charge in [-0.1, -0.05) is 24.3 Å². The molecule has 0 bridgehead atoms. The van der Waals surface area contributed by atoms with Gasteiger partial charge in [0, 0.05) is 0 Å². The second kappa shape index (κ2) is 4.37. The quantitative estimate of drug-likeness (QED) is 0.432. The molecule has 49 valence electrons. The number of hydrogen-bond donors (Lipinski definition) is 0. The van der Waals surface area contributed by atoms with Crippen LogP contribution in [0.4, 0.5) is 0 Å². The van der Waals surface area contributed by atoms with E-state index in [1.54, 1.807) is 0 Å². The molecule has 0 nitrogen and oxygen atoms in total. The molecule has 9 heavy (non-hydrogen) atoms. The highest BCUT2D eigenvalue weighted by atomic mass is 13.9. The standard InChI is InChI=1S/C9H13/c1-2-4-6-8-9-7-5-3-1/h1-3,8-9H,4-7H2/b2-1+,9-8+. The summed E-state index contributed by atoms with van der Waals surface area (Å²) in [5.41, 5.74) is 0. The fourth-order valence-electron chi connectivity index (χ4n) is 0.909. The van der Waals surface area contributed by atoms with E-state index >= 15 is 0 Å². The SMILES string of the molecule is [CH]1/C=C/CC/C=C/CC1. The Bertz CT molecular complexity index is 95.2. The highest BCUT2D eigenvalue weighted by molar-refractivity contribution is 4.99. The maximum atomic E-state index is 2.27. The van der Waals surface area contributed by atoms with Crippen LogP contribution in [-0.2, 0) is 0 Å². The van der Waals surface area contributed by atoms with Crippen molar-refractivity contribution < 1.29 is 0 Å². The number of hydrogen-bond acceptors (Lipinski definition) is 0. The molecule has 0 aromatic heterocycles. The van der Waals surface area contributed by atoms with Gasteiger partial charge in [-0.05, 0) is 32.1 Å². The second-order valence-electron chi connectivity index (χ2n) is 2.29. The third-order valence-corrected chi connectivity index (χ3v) is 1.44. The van der Waals surface area contributed by atoms with Crippen LogP contribution in [0.2, 0.25) is 0 Å². The Balaban J connectivity index is 2.28. The summed E-state index contributed by atoms with van der Waals surface area (Å²) in [5, 5.41) is 0. The molecule has 1 rings (SSSR count). The van der Waals surface area contributed by atoms with Crippen molar-refractivity contribution in [2.24, 2.45) is 0 Å². The van der Waals surface area contributed by atoms with Gasteiger partial charge >= 0.3 is 0 Å². The van der Waals surface area contributed by atoms with Crippen LogP contribution in [0, 0.1) is 6.42 Å². The molecule has 0 saturated carbocycles. The van der Waals surface area contributed by atoms with Gasteiger partial charge in [-0.3, -0.25) is 0 Å². The van der Waals surface area contributed by atoms with Crippen molar-refractivity contribution in [3.8, 4) is 0 Å². The lowest BCUT2D eigenvalue weighted by atomic mass is 10.2. The van der Waals surface area contributed by atoms with Crippen LogP contribution in [0.3, 0.4) is 0 Å². The van der Waals surface area contributed by atoms with Gasteiger partial charge in [0.2, 0.25) is 0 Å². The molecule has 0 heterocycles. The van der Waals surface area contributed by atoms with Gasteiger partial charge in [0.1, 0.15) is 0 Å². The smallest absolute Gasteiger partial charge is 0.0167 e. The van der Waals surface area contributed by atoms with E-state index in [4.69, 9.17) is 0 Å². The van der Waals surface area contributed by atoms with E-state index in [1.165, 1.54) is 25.7 Å². The van der Waals surface area contributed by atoms with Gasteiger partial charge in [0.25, 0.3) is 0 Å². The van der Waals surface area contributed by atoms with Crippen molar-refractivity contribution in [1.29, 1.82) is 0 Å². The summed E-state index contributed by atoms with van der Waals surface area (Å²) in [7, 11) is 0. The maximum Gasteiger partial charge on any atom is -0.0167 e. The zero-order valence-corrected chi connectivity index (χ0v) is 5.72. The van der Waals surface area contributed by atoms with Crippen LogP contribution in [0.1, 0.15) is 25.7 Å². The predicted octanol–water partition coefficient (Wildman–Crippen LogP) is 2.88. The number of allylic oxidation sites excluding steroid dienone is 4. The van der Waals surface area contributed by atoms with Crippen molar-refractivity contribution in [2.45, 2.75) is 25.7 Å². The summed E-state index contributed by atoms with van der Waals surface area (Å²) in [5.74, 6) is 0. The van der Waals surface area contributed by atoms with Gasteiger partial charge in [0.05, 0.1) is 0 Å². The molecule has 0 aromatic carbocycles. The first kappa shape index (κ1) is 6.60. The summed E-state index contributed by atoms with van der Waals surface area (Å²) in [4.78, 5) is 0. The highest BCUT2D eigenvalue weighted by Gasteiger charge is 1.84. The molecule has 0 atom stereocenters. The van der Waals surface area contributed by atoms with Crippen LogP contribution in [0.15, 0.2) is 24.3 Å². The van der Waals surface area contributed by atoms with Crippen LogP contribution in [0.5, 0.6) is 0 Å². The largest absolute Gasteiger partial charge is 0.0885 e. The molecule has 1 radical (unpaired) electrons. The molecular weight excluding hydrogens is 108 g/mol. The monoisotopic (exact) mass is 121 g/mol. The van der Waals surface area contributed by atoms with E-state index in [1.807, 2.05) is 0 Å². The molecule has 0 fully saturated rings. The molecule has 0 aromatic rings. The van der Waals surface area contributed by atoms with Crippen LogP contribution >= 0.6 is 0 Å².